The van der Waals surface area contributed by atoms with Gasteiger partial charge in [0.25, 0.3) is 0 Å². The van der Waals surface area contributed by atoms with E-state index in [-0.39, 0.29) is 18.0 Å². The van der Waals surface area contributed by atoms with Gasteiger partial charge in [-0.05, 0) is 47.7 Å². The highest BCUT2D eigenvalue weighted by atomic mass is 32.2. The van der Waals surface area contributed by atoms with Crippen LogP contribution in [0.4, 0.5) is 0 Å². The molecule has 26 heavy (non-hydrogen) atoms. The van der Waals surface area contributed by atoms with E-state index in [0.717, 1.165) is 16.9 Å². The van der Waals surface area contributed by atoms with Crippen molar-refractivity contribution in [3.8, 4) is 11.5 Å². The minimum Gasteiger partial charge on any atom is -0.496 e. The average molecular weight is 378 g/mol. The fourth-order valence-corrected chi connectivity index (χ4v) is 3.77. The first kappa shape index (κ1) is 20.3. The Kier molecular flexibility index (Phi) is 7.06. The molecule has 0 saturated heterocycles. The summed E-state index contributed by atoms with van der Waals surface area (Å²) in [5.41, 5.74) is 1.97. The SMILES string of the molecule is CCc1cc(S(=O)(=O)NCCOc2ccccc2C(C)C)ccc1OC. The molecule has 2 aromatic rings. The van der Waals surface area contributed by atoms with Crippen LogP contribution in [0.5, 0.6) is 11.5 Å². The molecule has 142 valence electrons. The number of hydrogen-bond donors (Lipinski definition) is 1. The zero-order valence-corrected chi connectivity index (χ0v) is 16.6. The average Bonchev–Trinajstić information content (AvgIpc) is 2.64. The number of sulfonamides is 1. The van der Waals surface area contributed by atoms with Gasteiger partial charge in [0.05, 0.1) is 12.0 Å². The summed E-state index contributed by atoms with van der Waals surface area (Å²) in [6.45, 7) is 6.61. The van der Waals surface area contributed by atoms with Gasteiger partial charge in [-0.1, -0.05) is 39.0 Å². The van der Waals surface area contributed by atoms with E-state index in [4.69, 9.17) is 9.47 Å². The van der Waals surface area contributed by atoms with Gasteiger partial charge in [-0.15, -0.1) is 0 Å². The Labute approximate surface area is 156 Å². The van der Waals surface area contributed by atoms with Crippen molar-refractivity contribution in [2.75, 3.05) is 20.3 Å². The Morgan fingerprint density at radius 1 is 1.08 bits per heavy atom. The van der Waals surface area contributed by atoms with Crippen LogP contribution in [0.25, 0.3) is 0 Å². The summed E-state index contributed by atoms with van der Waals surface area (Å²) in [4.78, 5) is 0.234. The molecular weight excluding hydrogens is 350 g/mol. The fourth-order valence-electron chi connectivity index (χ4n) is 2.71. The smallest absolute Gasteiger partial charge is 0.240 e. The monoisotopic (exact) mass is 377 g/mol. The second kappa shape index (κ2) is 9.05. The molecule has 5 nitrogen and oxygen atoms in total. The summed E-state index contributed by atoms with van der Waals surface area (Å²) in [6, 6.07) is 12.7. The maximum atomic E-state index is 12.5. The highest BCUT2D eigenvalue weighted by Crippen LogP contribution is 2.26. The third-order valence-electron chi connectivity index (χ3n) is 4.14. The standard InChI is InChI=1S/C20H27NO4S/c1-5-16-14-17(10-11-19(16)24-4)26(22,23)21-12-13-25-20-9-7-6-8-18(20)15(2)3/h6-11,14-15,21H,5,12-13H2,1-4H3. The van der Waals surface area contributed by atoms with Crippen molar-refractivity contribution >= 4 is 10.0 Å². The van der Waals surface area contributed by atoms with Gasteiger partial charge >= 0.3 is 0 Å². The van der Waals surface area contributed by atoms with Gasteiger partial charge in [0, 0.05) is 6.54 Å². The van der Waals surface area contributed by atoms with Gasteiger partial charge in [-0.3, -0.25) is 0 Å². The molecule has 0 amide bonds. The zero-order valence-electron chi connectivity index (χ0n) is 15.8. The highest BCUT2D eigenvalue weighted by molar-refractivity contribution is 7.89. The molecule has 2 aromatic carbocycles. The number of rotatable bonds is 9. The van der Waals surface area contributed by atoms with Crippen molar-refractivity contribution in [2.24, 2.45) is 0 Å². The van der Waals surface area contributed by atoms with Gasteiger partial charge in [0.15, 0.2) is 0 Å². The first-order valence-corrected chi connectivity index (χ1v) is 10.3. The molecule has 0 aliphatic heterocycles. The second-order valence-electron chi connectivity index (χ2n) is 6.27. The molecule has 0 aromatic heterocycles. The maximum Gasteiger partial charge on any atom is 0.240 e. The number of methoxy groups -OCH3 is 1. The number of ether oxygens (including phenoxy) is 2. The van der Waals surface area contributed by atoms with E-state index in [2.05, 4.69) is 18.6 Å². The predicted molar refractivity (Wildman–Crippen MR) is 104 cm³/mol. The number of hydrogen-bond acceptors (Lipinski definition) is 4. The summed E-state index contributed by atoms with van der Waals surface area (Å²) in [5, 5.41) is 0. The van der Waals surface area contributed by atoms with E-state index in [1.807, 2.05) is 31.2 Å². The molecule has 0 aliphatic carbocycles. The van der Waals surface area contributed by atoms with Crippen molar-refractivity contribution < 1.29 is 17.9 Å². The van der Waals surface area contributed by atoms with Crippen LogP contribution >= 0.6 is 0 Å². The van der Waals surface area contributed by atoms with Gasteiger partial charge in [-0.25, -0.2) is 13.1 Å². The van der Waals surface area contributed by atoms with E-state index in [0.29, 0.717) is 18.1 Å². The van der Waals surface area contributed by atoms with Crippen molar-refractivity contribution in [2.45, 2.75) is 38.0 Å². The summed E-state index contributed by atoms with van der Waals surface area (Å²) < 4.78 is 38.6. The minimum atomic E-state index is -3.58. The second-order valence-corrected chi connectivity index (χ2v) is 8.03. The van der Waals surface area contributed by atoms with Crippen molar-refractivity contribution in [1.82, 2.24) is 4.72 Å². The minimum absolute atomic E-state index is 0.197. The molecule has 0 spiro atoms. The zero-order chi connectivity index (χ0) is 19.2. The first-order chi connectivity index (χ1) is 12.4. The van der Waals surface area contributed by atoms with Crippen molar-refractivity contribution in [3.05, 3.63) is 53.6 Å². The fraction of sp³-hybridized carbons (Fsp3) is 0.400. The Morgan fingerprint density at radius 2 is 1.81 bits per heavy atom. The maximum absolute atomic E-state index is 12.5. The summed E-state index contributed by atoms with van der Waals surface area (Å²) in [7, 11) is -2.01. The van der Waals surface area contributed by atoms with Crippen LogP contribution in [0.1, 0.15) is 37.8 Å². The lowest BCUT2D eigenvalue weighted by Gasteiger charge is -2.14. The highest BCUT2D eigenvalue weighted by Gasteiger charge is 2.16. The van der Waals surface area contributed by atoms with Crippen LogP contribution < -0.4 is 14.2 Å². The summed E-state index contributed by atoms with van der Waals surface area (Å²) >= 11 is 0. The van der Waals surface area contributed by atoms with Crippen LogP contribution in [-0.2, 0) is 16.4 Å². The Balaban J connectivity index is 1.99. The molecule has 0 heterocycles. The molecule has 0 bridgehead atoms. The number of nitrogens with one attached hydrogen (secondary N) is 1. The number of para-hydroxylation sites is 1. The lowest BCUT2D eigenvalue weighted by molar-refractivity contribution is 0.318. The molecule has 0 unspecified atom stereocenters. The summed E-state index contributed by atoms with van der Waals surface area (Å²) in [6.07, 6.45) is 0.696. The van der Waals surface area contributed by atoms with Crippen LogP contribution in [0.15, 0.2) is 47.4 Å². The van der Waals surface area contributed by atoms with E-state index >= 15 is 0 Å². The first-order valence-electron chi connectivity index (χ1n) is 8.77. The molecule has 0 radical (unpaired) electrons. The largest absolute Gasteiger partial charge is 0.496 e. The molecular formula is C20H27NO4S. The quantitative estimate of drug-likeness (QED) is 0.676. The normalized spacial score (nSPS) is 11.6. The molecule has 0 saturated carbocycles. The van der Waals surface area contributed by atoms with Gasteiger partial charge < -0.3 is 9.47 Å². The Morgan fingerprint density at radius 3 is 2.46 bits per heavy atom. The lowest BCUT2D eigenvalue weighted by Crippen LogP contribution is -2.28. The molecule has 2 rings (SSSR count). The number of benzene rings is 2. The van der Waals surface area contributed by atoms with Crippen LogP contribution in [-0.4, -0.2) is 28.7 Å². The molecule has 6 heteroatoms. The molecule has 0 atom stereocenters. The van der Waals surface area contributed by atoms with E-state index in [1.165, 1.54) is 0 Å². The van der Waals surface area contributed by atoms with E-state index < -0.39 is 10.0 Å². The molecule has 0 aliphatic rings. The van der Waals surface area contributed by atoms with Crippen LogP contribution in [0.2, 0.25) is 0 Å². The Bertz CT molecular complexity index is 831. The van der Waals surface area contributed by atoms with Crippen molar-refractivity contribution in [3.63, 3.8) is 0 Å². The molecule has 1 N–H and O–H groups in total. The van der Waals surface area contributed by atoms with Gasteiger partial charge in [0.2, 0.25) is 10.0 Å². The van der Waals surface area contributed by atoms with Crippen LogP contribution in [0.3, 0.4) is 0 Å². The summed E-state index contributed by atoms with van der Waals surface area (Å²) in [5.74, 6) is 1.83. The Hall–Kier alpha value is -2.05. The van der Waals surface area contributed by atoms with E-state index in [9.17, 15) is 8.42 Å². The van der Waals surface area contributed by atoms with Gasteiger partial charge in [0.1, 0.15) is 18.1 Å². The van der Waals surface area contributed by atoms with Crippen LogP contribution in [0, 0.1) is 0 Å². The third-order valence-corrected chi connectivity index (χ3v) is 5.59. The lowest BCUT2D eigenvalue weighted by atomic mass is 10.0. The van der Waals surface area contributed by atoms with Crippen molar-refractivity contribution in [1.29, 1.82) is 0 Å². The molecule has 0 fully saturated rings. The topological polar surface area (TPSA) is 64.6 Å². The number of aryl methyl sites for hydroxylation is 1. The predicted octanol–water partition coefficient (Wildman–Crippen LogP) is 3.74. The van der Waals surface area contributed by atoms with E-state index in [1.54, 1.807) is 25.3 Å². The van der Waals surface area contributed by atoms with Gasteiger partial charge in [-0.2, -0.15) is 0 Å². The third kappa shape index (κ3) is 4.99.